The second-order valence-corrected chi connectivity index (χ2v) is 4.58. The third-order valence-corrected chi connectivity index (χ3v) is 3.00. The van der Waals surface area contributed by atoms with Crippen molar-refractivity contribution in [2.75, 3.05) is 0 Å². The summed E-state index contributed by atoms with van der Waals surface area (Å²) < 4.78 is 18.5. The van der Waals surface area contributed by atoms with E-state index in [4.69, 9.17) is 9.84 Å². The molecule has 0 saturated carbocycles. The third kappa shape index (κ3) is 4.31. The quantitative estimate of drug-likeness (QED) is 0.815. The summed E-state index contributed by atoms with van der Waals surface area (Å²) in [4.78, 5) is 10.6. The smallest absolute Gasteiger partial charge is 0.328 e. The number of carboxylic acid groups (broad SMARTS) is 1. The molecule has 2 rings (SSSR count). The highest BCUT2D eigenvalue weighted by Crippen LogP contribution is 2.21. The van der Waals surface area contributed by atoms with Crippen molar-refractivity contribution in [2.24, 2.45) is 0 Å². The molecule has 4 heteroatoms. The Hall–Kier alpha value is -2.88. The minimum Gasteiger partial charge on any atom is -0.489 e. The van der Waals surface area contributed by atoms with Gasteiger partial charge < -0.3 is 9.84 Å². The first-order valence-electron chi connectivity index (χ1n) is 6.63. The van der Waals surface area contributed by atoms with E-state index in [1.807, 2.05) is 0 Å². The van der Waals surface area contributed by atoms with Crippen LogP contribution in [0, 0.1) is 5.82 Å². The molecule has 0 atom stereocenters. The fraction of sp³-hybridized carbons (Fsp3) is 0.0556. The maximum absolute atomic E-state index is 12.8. The summed E-state index contributed by atoms with van der Waals surface area (Å²) in [5, 5.41) is 8.66. The first kappa shape index (κ1) is 15.5. The number of carboxylic acids is 1. The minimum absolute atomic E-state index is 0.285. The van der Waals surface area contributed by atoms with Gasteiger partial charge in [0, 0.05) is 6.08 Å². The van der Waals surface area contributed by atoms with Crippen molar-refractivity contribution >= 4 is 18.1 Å². The monoisotopic (exact) mass is 298 g/mol. The molecule has 22 heavy (non-hydrogen) atoms. The van der Waals surface area contributed by atoms with Gasteiger partial charge in [-0.2, -0.15) is 0 Å². The van der Waals surface area contributed by atoms with Gasteiger partial charge in [-0.1, -0.05) is 30.9 Å². The van der Waals surface area contributed by atoms with Gasteiger partial charge in [-0.05, 0) is 47.0 Å². The molecule has 0 radical (unpaired) electrons. The summed E-state index contributed by atoms with van der Waals surface area (Å²) in [5.41, 5.74) is 2.37. The first-order chi connectivity index (χ1) is 10.6. The van der Waals surface area contributed by atoms with Crippen molar-refractivity contribution in [3.63, 3.8) is 0 Å². The van der Waals surface area contributed by atoms with Gasteiger partial charge in [-0.3, -0.25) is 0 Å². The molecule has 0 amide bonds. The molecule has 0 aromatic heterocycles. The molecule has 0 bridgehead atoms. The molecular formula is C18H15FO3. The maximum Gasteiger partial charge on any atom is 0.328 e. The molecular weight excluding hydrogens is 283 g/mol. The molecule has 0 unspecified atom stereocenters. The van der Waals surface area contributed by atoms with Crippen LogP contribution in [-0.4, -0.2) is 11.1 Å². The van der Waals surface area contributed by atoms with Crippen molar-refractivity contribution in [1.29, 1.82) is 0 Å². The molecule has 0 saturated heterocycles. The molecule has 0 aliphatic carbocycles. The zero-order valence-electron chi connectivity index (χ0n) is 11.8. The highest BCUT2D eigenvalue weighted by atomic mass is 19.1. The average Bonchev–Trinajstić information content (AvgIpc) is 2.52. The highest BCUT2D eigenvalue weighted by molar-refractivity contribution is 5.86. The molecule has 1 N–H and O–H groups in total. The predicted molar refractivity (Wildman–Crippen MR) is 83.9 cm³/mol. The van der Waals surface area contributed by atoms with E-state index in [9.17, 15) is 9.18 Å². The molecule has 0 aliphatic heterocycles. The van der Waals surface area contributed by atoms with Crippen LogP contribution in [0.25, 0.3) is 12.2 Å². The van der Waals surface area contributed by atoms with Gasteiger partial charge in [0.2, 0.25) is 0 Å². The van der Waals surface area contributed by atoms with Crippen LogP contribution < -0.4 is 4.74 Å². The maximum atomic E-state index is 12.8. The van der Waals surface area contributed by atoms with Crippen LogP contribution >= 0.6 is 0 Å². The van der Waals surface area contributed by atoms with E-state index in [1.54, 1.807) is 36.4 Å². The lowest BCUT2D eigenvalue weighted by Gasteiger charge is -2.09. The van der Waals surface area contributed by atoms with Gasteiger partial charge in [0.1, 0.15) is 18.2 Å². The molecule has 0 heterocycles. The second-order valence-electron chi connectivity index (χ2n) is 4.58. The van der Waals surface area contributed by atoms with Crippen LogP contribution in [0.4, 0.5) is 4.39 Å². The van der Waals surface area contributed by atoms with Crippen molar-refractivity contribution in [1.82, 2.24) is 0 Å². The zero-order valence-corrected chi connectivity index (χ0v) is 11.8. The predicted octanol–water partition coefficient (Wildman–Crippen LogP) is 4.15. The van der Waals surface area contributed by atoms with Gasteiger partial charge in [-0.15, -0.1) is 0 Å². The lowest BCUT2D eigenvalue weighted by atomic mass is 10.1. The summed E-state index contributed by atoms with van der Waals surface area (Å²) >= 11 is 0. The lowest BCUT2D eigenvalue weighted by molar-refractivity contribution is -0.131. The number of carbonyl (C=O) groups is 1. The standard InChI is InChI=1S/C18H15FO3/c1-2-14-11-17(9-5-15(14)6-10-18(20)21)22-12-13-3-7-16(19)8-4-13/h2-11H,1,12H2,(H,20,21)/b10-6+. The van der Waals surface area contributed by atoms with E-state index >= 15 is 0 Å². The Kier molecular flexibility index (Phi) is 5.09. The Labute approximate surface area is 128 Å². The first-order valence-corrected chi connectivity index (χ1v) is 6.63. The average molecular weight is 298 g/mol. The molecule has 0 spiro atoms. The van der Waals surface area contributed by atoms with Crippen LogP contribution in [0.1, 0.15) is 16.7 Å². The molecule has 2 aromatic rings. The summed E-state index contributed by atoms with van der Waals surface area (Å²) in [7, 11) is 0. The summed E-state index contributed by atoms with van der Waals surface area (Å²) in [5.74, 6) is -0.661. The number of ether oxygens (including phenoxy) is 1. The van der Waals surface area contributed by atoms with Gasteiger partial charge >= 0.3 is 5.97 Å². The number of hydrogen-bond donors (Lipinski definition) is 1. The van der Waals surface area contributed by atoms with Crippen molar-refractivity contribution in [3.8, 4) is 5.75 Å². The second kappa shape index (κ2) is 7.22. The number of aliphatic carboxylic acids is 1. The summed E-state index contributed by atoms with van der Waals surface area (Å²) in [6.07, 6.45) is 4.21. The van der Waals surface area contributed by atoms with E-state index in [-0.39, 0.29) is 5.82 Å². The number of hydrogen-bond acceptors (Lipinski definition) is 2. The zero-order chi connectivity index (χ0) is 15.9. The number of rotatable bonds is 6. The highest BCUT2D eigenvalue weighted by Gasteiger charge is 2.02. The fourth-order valence-electron chi connectivity index (χ4n) is 1.88. The third-order valence-electron chi connectivity index (χ3n) is 3.00. The van der Waals surface area contributed by atoms with E-state index < -0.39 is 5.97 Å². The molecule has 0 aliphatic rings. The van der Waals surface area contributed by atoms with E-state index in [1.165, 1.54) is 18.2 Å². The topological polar surface area (TPSA) is 46.5 Å². The van der Waals surface area contributed by atoms with Gasteiger partial charge in [0.15, 0.2) is 0 Å². The summed E-state index contributed by atoms with van der Waals surface area (Å²) in [6.45, 7) is 4.03. The molecule has 2 aromatic carbocycles. The van der Waals surface area contributed by atoms with Crippen LogP contribution in [0.2, 0.25) is 0 Å². The van der Waals surface area contributed by atoms with Gasteiger partial charge in [-0.25, -0.2) is 9.18 Å². The van der Waals surface area contributed by atoms with Crippen molar-refractivity contribution in [2.45, 2.75) is 6.61 Å². The van der Waals surface area contributed by atoms with Gasteiger partial charge in [0.25, 0.3) is 0 Å². The van der Waals surface area contributed by atoms with Crippen molar-refractivity contribution < 1.29 is 19.0 Å². The van der Waals surface area contributed by atoms with E-state index in [2.05, 4.69) is 6.58 Å². The number of benzene rings is 2. The lowest BCUT2D eigenvalue weighted by Crippen LogP contribution is -1.96. The van der Waals surface area contributed by atoms with Gasteiger partial charge in [0.05, 0.1) is 0 Å². The Morgan fingerprint density at radius 3 is 2.55 bits per heavy atom. The fourth-order valence-corrected chi connectivity index (χ4v) is 1.88. The normalized spacial score (nSPS) is 10.6. The van der Waals surface area contributed by atoms with Crippen molar-refractivity contribution in [3.05, 3.63) is 77.6 Å². The molecule has 112 valence electrons. The van der Waals surface area contributed by atoms with E-state index in [0.29, 0.717) is 12.4 Å². The summed E-state index contributed by atoms with van der Waals surface area (Å²) in [6, 6.07) is 11.4. The minimum atomic E-state index is -1.01. The molecule has 3 nitrogen and oxygen atoms in total. The number of halogens is 1. The largest absolute Gasteiger partial charge is 0.489 e. The van der Waals surface area contributed by atoms with Crippen LogP contribution in [0.3, 0.4) is 0 Å². The van der Waals surface area contributed by atoms with Crippen LogP contribution in [-0.2, 0) is 11.4 Å². The molecule has 0 fully saturated rings. The Morgan fingerprint density at radius 1 is 1.18 bits per heavy atom. The Bertz CT molecular complexity index is 703. The van der Waals surface area contributed by atoms with Crippen LogP contribution in [0.15, 0.2) is 55.1 Å². The van der Waals surface area contributed by atoms with Crippen LogP contribution in [0.5, 0.6) is 5.75 Å². The Morgan fingerprint density at radius 2 is 1.91 bits per heavy atom. The Balaban J connectivity index is 2.10. The SMILES string of the molecule is C=Cc1cc(OCc2ccc(F)cc2)ccc1/C=C/C(=O)O. The van der Waals surface area contributed by atoms with E-state index in [0.717, 1.165) is 22.8 Å².